The fraction of sp³-hybridized carbons (Fsp3) is 0.353. The summed E-state index contributed by atoms with van der Waals surface area (Å²) in [5, 5.41) is 2.50. The number of anilines is 1. The van der Waals surface area contributed by atoms with Crippen LogP contribution in [0.3, 0.4) is 0 Å². The molecule has 2 aromatic rings. The van der Waals surface area contributed by atoms with Gasteiger partial charge < -0.3 is 15.0 Å². The van der Waals surface area contributed by atoms with Gasteiger partial charge in [0.2, 0.25) is 0 Å². The summed E-state index contributed by atoms with van der Waals surface area (Å²) in [6.07, 6.45) is 3.17. The summed E-state index contributed by atoms with van der Waals surface area (Å²) in [4.78, 5) is 32.1. The third-order valence-corrected chi connectivity index (χ3v) is 3.65. The summed E-state index contributed by atoms with van der Waals surface area (Å²) in [5.41, 5.74) is -0.355. The Balaban J connectivity index is 1.86. The normalized spacial score (nSPS) is 17.6. The number of halogens is 2. The molecule has 0 saturated carbocycles. The number of H-pyrrole nitrogens is 1. The van der Waals surface area contributed by atoms with E-state index >= 15 is 0 Å². The lowest BCUT2D eigenvalue weighted by atomic mass is 10.1. The van der Waals surface area contributed by atoms with E-state index in [1.807, 2.05) is 0 Å². The maximum absolute atomic E-state index is 14.3. The minimum absolute atomic E-state index is 0.192. The van der Waals surface area contributed by atoms with Crippen molar-refractivity contribution in [1.82, 2.24) is 15.3 Å². The molecule has 1 aliphatic heterocycles. The van der Waals surface area contributed by atoms with Crippen LogP contribution in [0.15, 0.2) is 24.7 Å². The molecular weight excluding hydrogens is 346 g/mol. The Hall–Kier alpha value is -2.97. The molecule has 1 aliphatic rings. The highest BCUT2D eigenvalue weighted by molar-refractivity contribution is 6.21. The lowest BCUT2D eigenvalue weighted by molar-refractivity contribution is -0.118. The Kier molecular flexibility index (Phi) is 4.39. The van der Waals surface area contributed by atoms with Crippen LogP contribution in [0.4, 0.5) is 19.3 Å². The number of aromatic amines is 1. The van der Waals surface area contributed by atoms with Gasteiger partial charge in [-0.15, -0.1) is 0 Å². The summed E-state index contributed by atoms with van der Waals surface area (Å²) in [6.45, 7) is 4.95. The number of rotatable bonds is 4. The SMILES string of the molecule is CC(C)(C)Oc1c(F)cc(N2C(=O)N[C@@H](Cc3cnc[nH]3)C2=O)cc1F. The van der Waals surface area contributed by atoms with E-state index in [2.05, 4.69) is 15.3 Å². The van der Waals surface area contributed by atoms with Crippen LogP contribution in [0.25, 0.3) is 0 Å². The zero-order valence-electron chi connectivity index (χ0n) is 14.5. The molecule has 2 heterocycles. The van der Waals surface area contributed by atoms with Crippen LogP contribution >= 0.6 is 0 Å². The number of nitrogens with zero attached hydrogens (tertiary/aromatic N) is 2. The lowest BCUT2D eigenvalue weighted by Gasteiger charge is -2.23. The second kappa shape index (κ2) is 6.40. The van der Waals surface area contributed by atoms with Gasteiger partial charge in [-0.2, -0.15) is 0 Å². The van der Waals surface area contributed by atoms with Crippen LogP contribution in [0, 0.1) is 11.6 Å². The average molecular weight is 364 g/mol. The van der Waals surface area contributed by atoms with Gasteiger partial charge in [-0.05, 0) is 20.8 Å². The van der Waals surface area contributed by atoms with Gasteiger partial charge in [-0.3, -0.25) is 4.79 Å². The molecule has 1 saturated heterocycles. The highest BCUT2D eigenvalue weighted by Gasteiger charge is 2.40. The van der Waals surface area contributed by atoms with E-state index in [1.165, 1.54) is 12.5 Å². The van der Waals surface area contributed by atoms with E-state index in [0.29, 0.717) is 10.6 Å². The number of carbonyl (C=O) groups excluding carboxylic acids is 2. The minimum atomic E-state index is -0.993. The van der Waals surface area contributed by atoms with Gasteiger partial charge in [0.15, 0.2) is 17.4 Å². The molecule has 2 N–H and O–H groups in total. The number of aromatic nitrogens is 2. The first kappa shape index (κ1) is 17.8. The highest BCUT2D eigenvalue weighted by Crippen LogP contribution is 2.31. The molecule has 3 rings (SSSR count). The van der Waals surface area contributed by atoms with E-state index in [-0.39, 0.29) is 12.1 Å². The lowest BCUT2D eigenvalue weighted by Crippen LogP contribution is -2.32. The van der Waals surface area contributed by atoms with E-state index in [9.17, 15) is 18.4 Å². The zero-order valence-corrected chi connectivity index (χ0v) is 14.5. The van der Waals surface area contributed by atoms with Crippen molar-refractivity contribution >= 4 is 17.6 Å². The Morgan fingerprint density at radius 3 is 2.42 bits per heavy atom. The monoisotopic (exact) mass is 364 g/mol. The van der Waals surface area contributed by atoms with Crippen molar-refractivity contribution in [2.45, 2.75) is 38.8 Å². The van der Waals surface area contributed by atoms with Gasteiger partial charge in [-0.1, -0.05) is 0 Å². The Bertz CT molecular complexity index is 823. The molecule has 9 heteroatoms. The Labute approximate surface area is 148 Å². The molecule has 0 bridgehead atoms. The van der Waals surface area contributed by atoms with Crippen molar-refractivity contribution in [2.75, 3.05) is 4.90 Å². The smallest absolute Gasteiger partial charge is 0.329 e. The standard InChI is InChI=1S/C17H18F2N4O3/c1-17(2,3)26-14-11(18)5-10(6-12(14)19)23-15(24)13(22-16(23)25)4-9-7-20-8-21-9/h5-8,13H,4H2,1-3H3,(H,20,21)(H,22,25)/t13-/m0/s1. The molecule has 0 radical (unpaired) electrons. The van der Waals surface area contributed by atoms with Crippen LogP contribution in [-0.4, -0.2) is 33.5 Å². The van der Waals surface area contributed by atoms with Crippen LogP contribution in [0.5, 0.6) is 5.75 Å². The molecule has 0 unspecified atom stereocenters. The van der Waals surface area contributed by atoms with Crippen molar-refractivity contribution in [1.29, 1.82) is 0 Å². The molecule has 138 valence electrons. The van der Waals surface area contributed by atoms with Crippen molar-refractivity contribution in [3.63, 3.8) is 0 Å². The zero-order chi connectivity index (χ0) is 19.1. The number of imide groups is 1. The predicted octanol–water partition coefficient (Wildman–Crippen LogP) is 2.53. The second-order valence-corrected chi connectivity index (χ2v) is 6.91. The molecule has 1 aromatic heterocycles. The molecule has 1 atom stereocenters. The largest absolute Gasteiger partial charge is 0.482 e. The fourth-order valence-electron chi connectivity index (χ4n) is 2.61. The van der Waals surface area contributed by atoms with Crippen LogP contribution < -0.4 is 15.0 Å². The molecule has 1 aromatic carbocycles. The summed E-state index contributed by atoms with van der Waals surface area (Å²) >= 11 is 0. The predicted molar refractivity (Wildman–Crippen MR) is 88.8 cm³/mol. The summed E-state index contributed by atoms with van der Waals surface area (Å²) in [6, 6.07) is 0.211. The van der Waals surface area contributed by atoms with Gasteiger partial charge in [-0.25, -0.2) is 23.5 Å². The van der Waals surface area contributed by atoms with Gasteiger partial charge in [0.05, 0.1) is 12.0 Å². The van der Waals surface area contributed by atoms with Crippen molar-refractivity contribution in [3.8, 4) is 5.75 Å². The Morgan fingerprint density at radius 1 is 1.23 bits per heavy atom. The number of ether oxygens (including phenoxy) is 1. The number of benzene rings is 1. The third-order valence-electron chi connectivity index (χ3n) is 3.65. The topological polar surface area (TPSA) is 87.3 Å². The number of carbonyl (C=O) groups is 2. The van der Waals surface area contributed by atoms with Crippen molar-refractivity contribution < 1.29 is 23.1 Å². The number of nitrogens with one attached hydrogen (secondary N) is 2. The average Bonchev–Trinajstić information content (AvgIpc) is 3.11. The first-order valence-electron chi connectivity index (χ1n) is 7.95. The van der Waals surface area contributed by atoms with Crippen molar-refractivity contribution in [3.05, 3.63) is 42.0 Å². The van der Waals surface area contributed by atoms with Gasteiger partial charge >= 0.3 is 6.03 Å². The summed E-state index contributed by atoms with van der Waals surface area (Å²) < 4.78 is 33.9. The maximum atomic E-state index is 14.3. The van der Waals surface area contributed by atoms with Crippen LogP contribution in [0.1, 0.15) is 26.5 Å². The van der Waals surface area contributed by atoms with Crippen LogP contribution in [-0.2, 0) is 11.2 Å². The fourth-order valence-corrected chi connectivity index (χ4v) is 2.61. The highest BCUT2D eigenvalue weighted by atomic mass is 19.1. The van der Waals surface area contributed by atoms with Crippen molar-refractivity contribution in [2.24, 2.45) is 0 Å². The first-order chi connectivity index (χ1) is 12.2. The maximum Gasteiger partial charge on any atom is 0.329 e. The van der Waals surface area contributed by atoms with E-state index in [0.717, 1.165) is 12.1 Å². The van der Waals surface area contributed by atoms with Gasteiger partial charge in [0.1, 0.15) is 11.6 Å². The molecule has 7 nitrogen and oxygen atoms in total. The number of imidazole rings is 1. The number of urea groups is 1. The number of amides is 3. The summed E-state index contributed by atoms with van der Waals surface area (Å²) in [7, 11) is 0. The molecule has 0 aliphatic carbocycles. The van der Waals surface area contributed by atoms with Crippen LogP contribution in [0.2, 0.25) is 0 Å². The third kappa shape index (κ3) is 3.51. The number of hydrogen-bond acceptors (Lipinski definition) is 4. The first-order valence-corrected chi connectivity index (χ1v) is 7.95. The second-order valence-electron chi connectivity index (χ2n) is 6.91. The van der Waals surface area contributed by atoms with E-state index in [4.69, 9.17) is 4.74 Å². The number of hydrogen-bond donors (Lipinski definition) is 2. The van der Waals surface area contributed by atoms with E-state index in [1.54, 1.807) is 20.8 Å². The van der Waals surface area contributed by atoms with Gasteiger partial charge in [0.25, 0.3) is 5.91 Å². The molecule has 26 heavy (non-hydrogen) atoms. The van der Waals surface area contributed by atoms with Gasteiger partial charge in [0, 0.05) is 30.4 Å². The minimum Gasteiger partial charge on any atom is -0.482 e. The molecule has 1 fully saturated rings. The molecule has 0 spiro atoms. The summed E-state index contributed by atoms with van der Waals surface area (Å²) in [5.74, 6) is -3.14. The molecular formula is C17H18F2N4O3. The quantitative estimate of drug-likeness (QED) is 0.816. The molecule has 3 amide bonds. The Morgan fingerprint density at radius 2 is 1.88 bits per heavy atom. The van der Waals surface area contributed by atoms with E-state index < -0.39 is 41.0 Å².